The monoisotopic (exact) mass is 561 g/mol. The van der Waals surface area contributed by atoms with Crippen molar-refractivity contribution in [3.05, 3.63) is 99.9 Å². The van der Waals surface area contributed by atoms with Crippen LogP contribution in [-0.2, 0) is 14.4 Å². The molecule has 0 aliphatic rings. The van der Waals surface area contributed by atoms with Crippen molar-refractivity contribution >= 4 is 32.5 Å². The molecule has 1 heterocycles. The summed E-state index contributed by atoms with van der Waals surface area (Å²) in [4.78, 5) is 13.5. The zero-order valence-electron chi connectivity index (χ0n) is 23.0. The Balaban J connectivity index is 0.000000230. The minimum atomic E-state index is -4.07. The summed E-state index contributed by atoms with van der Waals surface area (Å²) in [6, 6.07) is 21.9. The predicted molar refractivity (Wildman–Crippen MR) is 155 cm³/mol. The highest BCUT2D eigenvalue weighted by molar-refractivity contribution is 7.86. The standard InChI is InChI=1S/C16H14N2O4S.C14H17NO2/c1-12-3-9-15(10-4-12)23(19,20)22-18-16(11-17)13-5-7-14(21-2)8-6-13;1-4-15(5-2)11-6-7-12-10(3)8-14(16)17-13(12)9-11/h3-10H,1-2H3;6-9H,4-5H2,1-3H3/b18-16+;. The van der Waals surface area contributed by atoms with Gasteiger partial charge in [0.15, 0.2) is 5.71 Å². The molecule has 4 aromatic rings. The van der Waals surface area contributed by atoms with Crippen molar-refractivity contribution in [3.8, 4) is 11.8 Å². The van der Waals surface area contributed by atoms with E-state index in [1.807, 2.05) is 32.0 Å². The van der Waals surface area contributed by atoms with Crippen molar-refractivity contribution in [2.75, 3.05) is 25.1 Å². The van der Waals surface area contributed by atoms with E-state index >= 15 is 0 Å². The Morgan fingerprint density at radius 2 is 1.62 bits per heavy atom. The van der Waals surface area contributed by atoms with E-state index in [1.54, 1.807) is 36.4 Å². The maximum absolute atomic E-state index is 12.0. The van der Waals surface area contributed by atoms with E-state index in [-0.39, 0.29) is 16.2 Å². The van der Waals surface area contributed by atoms with Gasteiger partial charge in [-0.15, -0.1) is 0 Å². The molecule has 9 nitrogen and oxygen atoms in total. The molecule has 3 aromatic carbocycles. The summed E-state index contributed by atoms with van der Waals surface area (Å²) in [7, 11) is -2.55. The number of oxime groups is 1. The molecule has 0 N–H and O–H groups in total. The van der Waals surface area contributed by atoms with Crippen LogP contribution in [0.15, 0.2) is 92.1 Å². The lowest BCUT2D eigenvalue weighted by atomic mass is 10.1. The van der Waals surface area contributed by atoms with Gasteiger partial charge >= 0.3 is 15.7 Å². The van der Waals surface area contributed by atoms with Gasteiger partial charge in [-0.2, -0.15) is 13.7 Å². The Labute approximate surface area is 234 Å². The van der Waals surface area contributed by atoms with E-state index < -0.39 is 10.1 Å². The normalized spacial score (nSPS) is 11.2. The molecule has 0 amide bonds. The largest absolute Gasteiger partial charge is 0.497 e. The van der Waals surface area contributed by atoms with Gasteiger partial charge in [0.1, 0.15) is 22.3 Å². The van der Waals surface area contributed by atoms with E-state index in [9.17, 15) is 13.2 Å². The summed E-state index contributed by atoms with van der Waals surface area (Å²) in [5.41, 5.74) is 3.63. The summed E-state index contributed by atoms with van der Waals surface area (Å²) < 4.78 is 39.0. The predicted octanol–water partition coefficient (Wildman–Crippen LogP) is 5.58. The molecule has 0 aliphatic carbocycles. The Bertz CT molecular complexity index is 1680. The van der Waals surface area contributed by atoms with Crippen molar-refractivity contribution in [1.29, 1.82) is 5.26 Å². The van der Waals surface area contributed by atoms with E-state index in [2.05, 4.69) is 34.3 Å². The fourth-order valence-corrected chi connectivity index (χ4v) is 4.55. The first-order valence-electron chi connectivity index (χ1n) is 12.5. The average Bonchev–Trinajstić information content (AvgIpc) is 2.94. The second kappa shape index (κ2) is 13.4. The number of aryl methyl sites for hydroxylation is 2. The number of nitriles is 1. The maximum atomic E-state index is 12.0. The third kappa shape index (κ3) is 7.48. The maximum Gasteiger partial charge on any atom is 0.358 e. The Morgan fingerprint density at radius 3 is 2.20 bits per heavy atom. The van der Waals surface area contributed by atoms with Crippen LogP contribution in [0.4, 0.5) is 5.69 Å². The van der Waals surface area contributed by atoms with Crippen LogP contribution in [0.25, 0.3) is 11.0 Å². The number of methoxy groups -OCH3 is 1. The zero-order chi connectivity index (χ0) is 29.3. The van der Waals surface area contributed by atoms with Gasteiger partial charge in [-0.3, -0.25) is 4.28 Å². The second-order valence-corrected chi connectivity index (χ2v) is 10.3. The van der Waals surface area contributed by atoms with E-state index in [1.165, 1.54) is 25.3 Å². The smallest absolute Gasteiger partial charge is 0.358 e. The van der Waals surface area contributed by atoms with Gasteiger partial charge in [0.25, 0.3) is 0 Å². The first-order chi connectivity index (χ1) is 19.1. The molecule has 0 unspecified atom stereocenters. The summed E-state index contributed by atoms with van der Waals surface area (Å²) in [6.45, 7) is 9.87. The van der Waals surface area contributed by atoms with Crippen LogP contribution < -0.4 is 15.3 Å². The van der Waals surface area contributed by atoms with Crippen LogP contribution in [0.3, 0.4) is 0 Å². The van der Waals surface area contributed by atoms with Crippen LogP contribution in [0.1, 0.15) is 30.5 Å². The molecular weight excluding hydrogens is 530 g/mol. The lowest BCUT2D eigenvalue weighted by Crippen LogP contribution is -2.21. The number of anilines is 1. The number of hydrogen-bond donors (Lipinski definition) is 0. The fraction of sp³-hybridized carbons (Fsp3) is 0.233. The number of fused-ring (bicyclic) bond motifs is 1. The SMILES string of the molecule is CCN(CC)c1ccc2c(C)cc(=O)oc2c1.COc1ccc(/C(C#N)=N/OS(=O)(=O)c2ccc(C)cc2)cc1. The van der Waals surface area contributed by atoms with Gasteiger partial charge in [0.05, 0.1) is 7.11 Å². The van der Waals surface area contributed by atoms with Crippen LogP contribution in [0.2, 0.25) is 0 Å². The molecule has 0 fully saturated rings. The van der Waals surface area contributed by atoms with Gasteiger partial charge in [-0.1, -0.05) is 22.9 Å². The number of ether oxygens (including phenoxy) is 1. The molecule has 1 aromatic heterocycles. The van der Waals surface area contributed by atoms with E-state index in [0.717, 1.165) is 35.3 Å². The molecule has 10 heteroatoms. The van der Waals surface area contributed by atoms with E-state index in [0.29, 0.717) is 16.9 Å². The lowest BCUT2D eigenvalue weighted by Gasteiger charge is -2.21. The number of benzene rings is 3. The summed E-state index contributed by atoms with van der Waals surface area (Å²) in [6.07, 6.45) is 0. The second-order valence-electron chi connectivity index (χ2n) is 8.72. The first-order valence-corrected chi connectivity index (χ1v) is 13.9. The zero-order valence-corrected chi connectivity index (χ0v) is 23.9. The van der Waals surface area contributed by atoms with Gasteiger partial charge in [-0.05, 0) is 81.8 Å². The molecule has 0 radical (unpaired) electrons. The summed E-state index contributed by atoms with van der Waals surface area (Å²) >= 11 is 0. The molecule has 0 saturated heterocycles. The van der Waals surface area contributed by atoms with Crippen molar-refractivity contribution in [1.82, 2.24) is 0 Å². The summed E-state index contributed by atoms with van der Waals surface area (Å²) in [5.74, 6) is 0.610. The van der Waals surface area contributed by atoms with Crippen LogP contribution in [0.5, 0.6) is 5.75 Å². The minimum Gasteiger partial charge on any atom is -0.497 e. The Kier molecular flexibility index (Phi) is 10.1. The van der Waals surface area contributed by atoms with Gasteiger partial charge in [0, 0.05) is 41.9 Å². The number of nitrogens with zero attached hydrogens (tertiary/aromatic N) is 3. The third-order valence-electron chi connectivity index (χ3n) is 6.07. The molecule has 0 saturated carbocycles. The van der Waals surface area contributed by atoms with Crippen molar-refractivity contribution < 1.29 is 21.9 Å². The minimum absolute atomic E-state index is 0.0288. The quantitative estimate of drug-likeness (QED) is 0.155. The topological polar surface area (TPSA) is 122 Å². The molecule has 4 rings (SSSR count). The third-order valence-corrected chi connectivity index (χ3v) is 7.19. The van der Waals surface area contributed by atoms with Gasteiger partial charge in [-0.25, -0.2) is 4.79 Å². The Hall–Kier alpha value is -4.62. The highest BCUT2D eigenvalue weighted by Crippen LogP contribution is 2.23. The molecule has 40 heavy (non-hydrogen) atoms. The van der Waals surface area contributed by atoms with Crippen LogP contribution >= 0.6 is 0 Å². The molecule has 0 atom stereocenters. The van der Waals surface area contributed by atoms with Crippen molar-refractivity contribution in [2.24, 2.45) is 5.16 Å². The summed E-state index contributed by atoms with van der Waals surface area (Å²) in [5, 5.41) is 13.6. The lowest BCUT2D eigenvalue weighted by molar-refractivity contribution is 0.339. The first kappa shape index (κ1) is 29.9. The van der Waals surface area contributed by atoms with Crippen molar-refractivity contribution in [2.45, 2.75) is 32.6 Å². The fourth-order valence-electron chi connectivity index (χ4n) is 3.82. The Morgan fingerprint density at radius 1 is 0.975 bits per heavy atom. The van der Waals surface area contributed by atoms with Crippen LogP contribution in [0, 0.1) is 25.2 Å². The molecule has 208 valence electrons. The van der Waals surface area contributed by atoms with Crippen LogP contribution in [-0.4, -0.2) is 34.3 Å². The average molecular weight is 562 g/mol. The van der Waals surface area contributed by atoms with Gasteiger partial charge < -0.3 is 14.1 Å². The van der Waals surface area contributed by atoms with E-state index in [4.69, 9.17) is 14.4 Å². The molecule has 0 aliphatic heterocycles. The van der Waals surface area contributed by atoms with Gasteiger partial charge in [0.2, 0.25) is 0 Å². The molecule has 0 bridgehead atoms. The van der Waals surface area contributed by atoms with Crippen molar-refractivity contribution in [3.63, 3.8) is 0 Å². The molecule has 0 spiro atoms. The molecular formula is C30H31N3O6S. The number of rotatable bonds is 8. The highest BCUT2D eigenvalue weighted by Gasteiger charge is 2.16. The number of hydrogen-bond acceptors (Lipinski definition) is 9. The highest BCUT2D eigenvalue weighted by atomic mass is 32.2.